The van der Waals surface area contributed by atoms with E-state index in [9.17, 15) is 4.79 Å². The summed E-state index contributed by atoms with van der Waals surface area (Å²) in [7, 11) is 2.15. The van der Waals surface area contributed by atoms with Crippen molar-refractivity contribution >= 4 is 5.97 Å². The van der Waals surface area contributed by atoms with Gasteiger partial charge in [-0.15, -0.1) is 0 Å². The maximum absolute atomic E-state index is 10.3. The standard InChI is InChI=1S/C18H36O2.C9H22N2/c1-2-3-4-5-6-7-8-9-10-11-12-13-14-15-16-17-18(19)20;1-4-5-6-9(2)11(3)8-7-10/h2-17H2,1H3,(H,19,20);9H,4-8,10H2,1-3H3. The van der Waals surface area contributed by atoms with Gasteiger partial charge in [-0.3, -0.25) is 4.79 Å². The highest BCUT2D eigenvalue weighted by atomic mass is 16.4. The molecule has 0 fully saturated rings. The number of hydrogen-bond acceptors (Lipinski definition) is 3. The monoisotopic (exact) mass is 442 g/mol. The van der Waals surface area contributed by atoms with Crippen molar-refractivity contribution in [3.05, 3.63) is 0 Å². The van der Waals surface area contributed by atoms with Gasteiger partial charge in [0.05, 0.1) is 0 Å². The minimum absolute atomic E-state index is 0.345. The molecule has 1 unspecified atom stereocenters. The van der Waals surface area contributed by atoms with Crippen LogP contribution in [-0.4, -0.2) is 42.2 Å². The van der Waals surface area contributed by atoms with Crippen LogP contribution in [0.5, 0.6) is 0 Å². The van der Waals surface area contributed by atoms with Crippen molar-refractivity contribution in [2.75, 3.05) is 20.1 Å². The van der Waals surface area contributed by atoms with E-state index in [-0.39, 0.29) is 0 Å². The summed E-state index contributed by atoms with van der Waals surface area (Å²) < 4.78 is 0. The molecule has 0 aromatic carbocycles. The third-order valence-corrected chi connectivity index (χ3v) is 6.20. The van der Waals surface area contributed by atoms with Crippen LogP contribution in [0.1, 0.15) is 143 Å². The Balaban J connectivity index is 0. The number of unbranched alkanes of at least 4 members (excludes halogenated alkanes) is 15. The predicted octanol–water partition coefficient (Wildman–Crippen LogP) is 7.79. The Morgan fingerprint density at radius 3 is 1.48 bits per heavy atom. The second-order valence-corrected chi connectivity index (χ2v) is 9.35. The van der Waals surface area contributed by atoms with E-state index >= 15 is 0 Å². The van der Waals surface area contributed by atoms with Crippen molar-refractivity contribution in [2.24, 2.45) is 5.73 Å². The lowest BCUT2D eigenvalue weighted by Gasteiger charge is -2.23. The summed E-state index contributed by atoms with van der Waals surface area (Å²) in [5, 5.41) is 8.52. The Morgan fingerprint density at radius 2 is 1.13 bits per heavy atom. The van der Waals surface area contributed by atoms with Crippen molar-refractivity contribution in [3.8, 4) is 0 Å². The first kappa shape index (κ1) is 32.6. The molecule has 0 saturated carbocycles. The van der Waals surface area contributed by atoms with Crippen LogP contribution in [0.3, 0.4) is 0 Å². The molecule has 0 aliphatic heterocycles. The summed E-state index contributed by atoms with van der Waals surface area (Å²) in [4.78, 5) is 12.7. The maximum Gasteiger partial charge on any atom is 0.303 e. The van der Waals surface area contributed by atoms with Gasteiger partial charge in [-0.25, -0.2) is 0 Å². The number of carbonyl (C=O) groups is 1. The molecule has 4 nitrogen and oxygen atoms in total. The van der Waals surface area contributed by atoms with Crippen LogP contribution >= 0.6 is 0 Å². The van der Waals surface area contributed by atoms with E-state index < -0.39 is 5.97 Å². The van der Waals surface area contributed by atoms with E-state index in [4.69, 9.17) is 10.8 Å². The smallest absolute Gasteiger partial charge is 0.303 e. The number of carboxylic acids is 1. The lowest BCUT2D eigenvalue weighted by molar-refractivity contribution is -0.137. The van der Waals surface area contributed by atoms with Crippen LogP contribution in [0.4, 0.5) is 0 Å². The van der Waals surface area contributed by atoms with Crippen LogP contribution in [0.15, 0.2) is 0 Å². The average Bonchev–Trinajstić information content (AvgIpc) is 2.75. The fourth-order valence-corrected chi connectivity index (χ4v) is 3.79. The van der Waals surface area contributed by atoms with E-state index in [2.05, 4.69) is 32.7 Å². The molecule has 0 bridgehead atoms. The van der Waals surface area contributed by atoms with E-state index in [0.717, 1.165) is 25.9 Å². The first-order valence-electron chi connectivity index (χ1n) is 13.6. The molecule has 0 radical (unpaired) electrons. The minimum atomic E-state index is -0.653. The van der Waals surface area contributed by atoms with E-state index in [1.807, 2.05) is 0 Å². The van der Waals surface area contributed by atoms with Gasteiger partial charge < -0.3 is 15.7 Å². The largest absolute Gasteiger partial charge is 0.481 e. The van der Waals surface area contributed by atoms with Crippen molar-refractivity contribution < 1.29 is 9.90 Å². The van der Waals surface area contributed by atoms with Crippen molar-refractivity contribution in [3.63, 3.8) is 0 Å². The number of aliphatic carboxylic acids is 1. The van der Waals surface area contributed by atoms with Gasteiger partial charge in [0.1, 0.15) is 0 Å². The number of likely N-dealkylation sites (N-methyl/N-ethyl adjacent to an activating group) is 1. The molecule has 4 heteroatoms. The van der Waals surface area contributed by atoms with Gasteiger partial charge in [-0.2, -0.15) is 0 Å². The second kappa shape index (κ2) is 27.4. The third-order valence-electron chi connectivity index (χ3n) is 6.20. The van der Waals surface area contributed by atoms with Gasteiger partial charge >= 0.3 is 5.97 Å². The zero-order chi connectivity index (χ0) is 23.6. The van der Waals surface area contributed by atoms with Gasteiger partial charge in [-0.1, -0.05) is 117 Å². The van der Waals surface area contributed by atoms with Gasteiger partial charge in [-0.05, 0) is 26.8 Å². The summed E-state index contributed by atoms with van der Waals surface area (Å²) in [6.07, 6.45) is 24.1. The Labute approximate surface area is 195 Å². The van der Waals surface area contributed by atoms with E-state index in [1.54, 1.807) is 0 Å². The summed E-state index contributed by atoms with van der Waals surface area (Å²) in [6, 6.07) is 0.693. The summed E-state index contributed by atoms with van der Waals surface area (Å²) in [5.74, 6) is -0.653. The molecular formula is C27H58N2O2. The summed E-state index contributed by atoms with van der Waals surface area (Å²) in [5.41, 5.74) is 5.45. The van der Waals surface area contributed by atoms with Gasteiger partial charge in [0.2, 0.25) is 0 Å². The van der Waals surface area contributed by atoms with Crippen molar-refractivity contribution in [1.82, 2.24) is 4.90 Å². The lowest BCUT2D eigenvalue weighted by atomic mass is 10.0. The molecule has 0 heterocycles. The highest BCUT2D eigenvalue weighted by Crippen LogP contribution is 2.13. The lowest BCUT2D eigenvalue weighted by Crippen LogP contribution is -2.33. The Kier molecular flexibility index (Phi) is 28.8. The molecule has 0 saturated heterocycles. The van der Waals surface area contributed by atoms with Crippen LogP contribution in [0, 0.1) is 0 Å². The third kappa shape index (κ3) is 29.4. The van der Waals surface area contributed by atoms with Crippen LogP contribution in [0.25, 0.3) is 0 Å². The SMILES string of the molecule is CCCCC(C)N(C)CCN.CCCCCCCCCCCCCCCCCC(=O)O. The highest BCUT2D eigenvalue weighted by Gasteiger charge is 2.06. The topological polar surface area (TPSA) is 66.6 Å². The normalized spacial score (nSPS) is 11.9. The van der Waals surface area contributed by atoms with Gasteiger partial charge in [0.25, 0.3) is 0 Å². The zero-order valence-corrected chi connectivity index (χ0v) is 21.8. The van der Waals surface area contributed by atoms with Gasteiger partial charge in [0.15, 0.2) is 0 Å². The Bertz CT molecular complexity index is 350. The minimum Gasteiger partial charge on any atom is -0.481 e. The van der Waals surface area contributed by atoms with Crippen molar-refractivity contribution in [2.45, 2.75) is 149 Å². The van der Waals surface area contributed by atoms with Crippen LogP contribution < -0.4 is 5.73 Å². The number of rotatable bonds is 22. The molecule has 0 spiro atoms. The van der Waals surface area contributed by atoms with Crippen LogP contribution in [0.2, 0.25) is 0 Å². The Hall–Kier alpha value is -0.610. The molecule has 1 atom stereocenters. The number of nitrogens with zero attached hydrogens (tertiary/aromatic N) is 1. The summed E-state index contributed by atoms with van der Waals surface area (Å²) in [6.45, 7) is 8.56. The number of nitrogens with two attached hydrogens (primary N) is 1. The second-order valence-electron chi connectivity index (χ2n) is 9.35. The quantitative estimate of drug-likeness (QED) is 0.168. The molecule has 0 amide bonds. The number of carboxylic acid groups (broad SMARTS) is 1. The fraction of sp³-hybridized carbons (Fsp3) is 0.963. The molecule has 0 aromatic rings. The van der Waals surface area contributed by atoms with E-state index in [1.165, 1.54) is 103 Å². The molecule has 31 heavy (non-hydrogen) atoms. The number of hydrogen-bond donors (Lipinski definition) is 2. The van der Waals surface area contributed by atoms with Crippen molar-refractivity contribution in [1.29, 1.82) is 0 Å². The molecule has 0 aliphatic rings. The maximum atomic E-state index is 10.3. The molecule has 0 rings (SSSR count). The molecule has 188 valence electrons. The molecule has 0 aliphatic carbocycles. The van der Waals surface area contributed by atoms with E-state index in [0.29, 0.717) is 12.5 Å². The molecule has 0 aromatic heterocycles. The fourth-order valence-electron chi connectivity index (χ4n) is 3.79. The highest BCUT2D eigenvalue weighted by molar-refractivity contribution is 5.66. The molecule has 3 N–H and O–H groups in total. The predicted molar refractivity (Wildman–Crippen MR) is 138 cm³/mol. The molecular weight excluding hydrogens is 384 g/mol. The average molecular weight is 443 g/mol. The van der Waals surface area contributed by atoms with Gasteiger partial charge in [0, 0.05) is 25.6 Å². The first-order valence-corrected chi connectivity index (χ1v) is 13.6. The first-order chi connectivity index (χ1) is 15.0. The Morgan fingerprint density at radius 1 is 0.742 bits per heavy atom. The zero-order valence-electron chi connectivity index (χ0n) is 21.8. The van der Waals surface area contributed by atoms with Crippen LogP contribution in [-0.2, 0) is 4.79 Å². The summed E-state index contributed by atoms with van der Waals surface area (Å²) >= 11 is 0.